The fraction of sp³-hybridized carbons (Fsp3) is 1.00. The van der Waals surface area contributed by atoms with Gasteiger partial charge in [0.05, 0.1) is 6.61 Å². The van der Waals surface area contributed by atoms with Crippen molar-refractivity contribution >= 4 is 22.8 Å². The van der Waals surface area contributed by atoms with E-state index in [1.54, 1.807) is 0 Å². The van der Waals surface area contributed by atoms with Gasteiger partial charge in [0.15, 0.2) is 0 Å². The molecule has 0 N–H and O–H groups in total. The Bertz CT molecular complexity index is 292. The fourth-order valence-electron chi connectivity index (χ4n) is 1.37. The van der Waals surface area contributed by atoms with Gasteiger partial charge in [-0.1, -0.05) is 32.6 Å². The summed E-state index contributed by atoms with van der Waals surface area (Å²) in [6.07, 6.45) is 2.97. The molecule has 0 radical (unpaired) electrons. The molecule has 122 valence electrons. The average Bonchev–Trinajstić information content (AvgIpc) is 2.27. The number of hydrogen-bond acceptors (Lipinski definition) is 3. The van der Waals surface area contributed by atoms with Gasteiger partial charge >= 0.3 is 11.0 Å². The molecule has 1 unspecified atom stereocenters. The van der Waals surface area contributed by atoms with Gasteiger partial charge in [-0.15, -0.1) is 0 Å². The molecule has 0 spiro atoms. The first-order chi connectivity index (χ1) is 9.06. The van der Waals surface area contributed by atoms with Crippen LogP contribution in [0.4, 0.5) is 26.3 Å². The largest absolute Gasteiger partial charge is 0.497 e. The number of unbranched alkanes of at least 4 members (excludes halogenated alkanes) is 3. The molecule has 0 saturated heterocycles. The molecule has 0 fully saturated rings. The van der Waals surface area contributed by atoms with Crippen molar-refractivity contribution in [2.45, 2.75) is 55.3 Å². The quantitative estimate of drug-likeness (QED) is 0.444. The Morgan fingerprint density at radius 3 is 2.15 bits per heavy atom. The molecule has 0 rings (SSSR count). The zero-order valence-electron chi connectivity index (χ0n) is 10.7. The number of halogens is 6. The molecule has 0 aliphatic rings. The van der Waals surface area contributed by atoms with Crippen LogP contribution >= 0.6 is 11.8 Å². The summed E-state index contributed by atoms with van der Waals surface area (Å²) in [6, 6.07) is 0. The first-order valence-corrected chi connectivity index (χ1v) is 7.88. The maximum Gasteiger partial charge on any atom is 0.497 e. The lowest BCUT2D eigenvalue weighted by Crippen LogP contribution is -2.24. The van der Waals surface area contributed by atoms with Crippen molar-refractivity contribution in [1.29, 1.82) is 0 Å². The van der Waals surface area contributed by atoms with E-state index >= 15 is 0 Å². The summed E-state index contributed by atoms with van der Waals surface area (Å²) in [5.41, 5.74) is -9.63. The Hall–Kier alpha value is 0.0400. The topological polar surface area (TPSA) is 26.3 Å². The van der Waals surface area contributed by atoms with Crippen molar-refractivity contribution in [3.05, 3.63) is 0 Å². The van der Waals surface area contributed by atoms with E-state index in [0.717, 1.165) is 12.8 Å². The van der Waals surface area contributed by atoms with Crippen LogP contribution in [-0.4, -0.2) is 27.1 Å². The van der Waals surface area contributed by atoms with Crippen molar-refractivity contribution in [2.24, 2.45) is 0 Å². The van der Waals surface area contributed by atoms with E-state index in [1.807, 2.05) is 6.92 Å². The van der Waals surface area contributed by atoms with Crippen molar-refractivity contribution < 1.29 is 34.7 Å². The third kappa shape index (κ3) is 10.8. The summed E-state index contributed by atoms with van der Waals surface area (Å²) in [5, 5.41) is -1.18. The summed E-state index contributed by atoms with van der Waals surface area (Å²) < 4.78 is 87.1. The minimum atomic E-state index is -5.07. The normalized spacial score (nSPS) is 16.1. The van der Waals surface area contributed by atoms with Crippen LogP contribution in [0.2, 0.25) is 0 Å². The molecule has 2 atom stereocenters. The van der Waals surface area contributed by atoms with Gasteiger partial charge in [-0.05, 0) is 18.2 Å². The highest BCUT2D eigenvalue weighted by atomic mass is 32.2. The molecule has 0 aromatic rings. The van der Waals surface area contributed by atoms with E-state index < -0.39 is 45.7 Å². The standard InChI is InChI=1S/C10H16F6O2S2/c1-2-3-4-5-6-8(19-9(11,12)13)7-18-20(17)10(14,15)16/h8H,2-7H2,1H3/t8-,20?/m1/s1. The lowest BCUT2D eigenvalue weighted by molar-refractivity contribution is -0.0473. The number of hydrogen-bond donors (Lipinski definition) is 0. The molecule has 0 saturated carbocycles. The van der Waals surface area contributed by atoms with E-state index in [1.165, 1.54) is 0 Å². The summed E-state index contributed by atoms with van der Waals surface area (Å²) in [6.45, 7) is 1.08. The monoisotopic (exact) mass is 346 g/mol. The Labute approximate surface area is 120 Å². The van der Waals surface area contributed by atoms with Gasteiger partial charge in [0, 0.05) is 5.25 Å². The van der Waals surface area contributed by atoms with Gasteiger partial charge in [-0.2, -0.15) is 26.3 Å². The zero-order valence-corrected chi connectivity index (χ0v) is 12.4. The van der Waals surface area contributed by atoms with E-state index in [-0.39, 0.29) is 6.42 Å². The second-order valence-electron chi connectivity index (χ2n) is 4.00. The van der Waals surface area contributed by atoms with Gasteiger partial charge in [-0.3, -0.25) is 4.18 Å². The molecule has 0 amide bonds. The average molecular weight is 346 g/mol. The van der Waals surface area contributed by atoms with Crippen molar-refractivity contribution in [3.8, 4) is 0 Å². The molecule has 20 heavy (non-hydrogen) atoms. The Balaban J connectivity index is 4.28. The fourth-order valence-corrected chi connectivity index (χ4v) is 2.67. The van der Waals surface area contributed by atoms with Crippen LogP contribution < -0.4 is 0 Å². The van der Waals surface area contributed by atoms with E-state index in [4.69, 9.17) is 0 Å². The number of rotatable bonds is 9. The zero-order chi connectivity index (χ0) is 15.8. The highest BCUT2D eigenvalue weighted by Crippen LogP contribution is 2.36. The predicted molar refractivity (Wildman–Crippen MR) is 66.3 cm³/mol. The second-order valence-corrected chi connectivity index (χ2v) is 6.53. The highest BCUT2D eigenvalue weighted by Gasteiger charge is 2.40. The molecule has 0 heterocycles. The van der Waals surface area contributed by atoms with Gasteiger partial charge < -0.3 is 0 Å². The summed E-state index contributed by atoms with van der Waals surface area (Å²) in [7, 11) is 0. The van der Waals surface area contributed by atoms with Crippen molar-refractivity contribution in [2.75, 3.05) is 6.61 Å². The molecular weight excluding hydrogens is 330 g/mol. The summed E-state index contributed by atoms with van der Waals surface area (Å²) >= 11 is -3.99. The molecule has 0 aliphatic carbocycles. The molecular formula is C10H16F6O2S2. The third-order valence-corrected chi connectivity index (χ3v) is 3.93. The first-order valence-electron chi connectivity index (χ1n) is 5.92. The maximum atomic E-state index is 12.2. The number of alkyl halides is 6. The van der Waals surface area contributed by atoms with E-state index in [9.17, 15) is 30.6 Å². The maximum absolute atomic E-state index is 12.2. The van der Waals surface area contributed by atoms with Gasteiger partial charge in [0.2, 0.25) is 0 Å². The molecule has 0 aliphatic heterocycles. The smallest absolute Gasteiger partial charge is 0.283 e. The van der Waals surface area contributed by atoms with Crippen LogP contribution in [0.3, 0.4) is 0 Å². The van der Waals surface area contributed by atoms with Crippen LogP contribution in [0.15, 0.2) is 0 Å². The SMILES string of the molecule is CCCCCC[C@H](COS(=O)C(F)(F)F)SC(F)(F)F. The van der Waals surface area contributed by atoms with Crippen LogP contribution in [-0.2, 0) is 15.3 Å². The highest BCUT2D eigenvalue weighted by molar-refractivity contribution is 8.00. The number of thioether (sulfide) groups is 1. The van der Waals surface area contributed by atoms with E-state index in [0.29, 0.717) is 12.8 Å². The molecule has 2 nitrogen and oxygen atoms in total. The lowest BCUT2D eigenvalue weighted by Gasteiger charge is -2.18. The summed E-state index contributed by atoms with van der Waals surface area (Å²) in [4.78, 5) is 0. The molecule has 0 bridgehead atoms. The Morgan fingerprint density at radius 1 is 1.10 bits per heavy atom. The molecule has 0 aromatic carbocycles. The molecule has 0 aromatic heterocycles. The predicted octanol–water partition coefficient (Wildman–Crippen LogP) is 4.78. The lowest BCUT2D eigenvalue weighted by atomic mass is 10.1. The third-order valence-electron chi connectivity index (χ3n) is 2.23. The van der Waals surface area contributed by atoms with E-state index in [2.05, 4.69) is 4.18 Å². The van der Waals surface area contributed by atoms with Crippen molar-refractivity contribution in [1.82, 2.24) is 0 Å². The minimum absolute atomic E-state index is 0.0687. The van der Waals surface area contributed by atoms with Gasteiger partial charge in [-0.25, -0.2) is 4.21 Å². The van der Waals surface area contributed by atoms with Crippen LogP contribution in [0.1, 0.15) is 39.0 Å². The summed E-state index contributed by atoms with van der Waals surface area (Å²) in [5.74, 6) is 0. The van der Waals surface area contributed by atoms with Crippen molar-refractivity contribution in [3.63, 3.8) is 0 Å². The first kappa shape index (κ1) is 20.0. The van der Waals surface area contributed by atoms with Crippen LogP contribution in [0.5, 0.6) is 0 Å². The Morgan fingerprint density at radius 2 is 1.70 bits per heavy atom. The van der Waals surface area contributed by atoms with Gasteiger partial charge in [0.1, 0.15) is 0 Å². The van der Waals surface area contributed by atoms with Crippen LogP contribution in [0, 0.1) is 0 Å². The Kier molecular flexibility index (Phi) is 9.16. The van der Waals surface area contributed by atoms with Gasteiger partial charge in [0.25, 0.3) is 11.1 Å². The molecule has 10 heteroatoms. The van der Waals surface area contributed by atoms with Crippen LogP contribution in [0.25, 0.3) is 0 Å². The second kappa shape index (κ2) is 9.14. The minimum Gasteiger partial charge on any atom is -0.283 e.